The molecule has 0 unspecified atom stereocenters. The third-order valence-electron chi connectivity index (χ3n) is 2.59. The number of hydrogen-bond acceptors (Lipinski definition) is 4. The van der Waals surface area contributed by atoms with Crippen LogP contribution in [0.2, 0.25) is 0 Å². The van der Waals surface area contributed by atoms with E-state index in [-0.39, 0.29) is 23.9 Å². The highest BCUT2D eigenvalue weighted by Gasteiger charge is 2.26. The molecule has 1 fully saturated rings. The molecule has 0 radical (unpaired) electrons. The van der Waals surface area contributed by atoms with Crippen LogP contribution < -0.4 is 0 Å². The summed E-state index contributed by atoms with van der Waals surface area (Å²) < 4.78 is 0. The molecule has 6 heteroatoms. The number of carboxylic acid groups (broad SMARTS) is 1. The third-order valence-corrected chi connectivity index (χ3v) is 3.50. The summed E-state index contributed by atoms with van der Waals surface area (Å²) in [6, 6.07) is 6.16. The van der Waals surface area contributed by atoms with Gasteiger partial charge in [0.2, 0.25) is 11.8 Å². The predicted molar refractivity (Wildman–Crippen MR) is 66.3 cm³/mol. The maximum atomic E-state index is 11.6. The number of rotatable bonds is 3. The van der Waals surface area contributed by atoms with Crippen LogP contribution in [-0.4, -0.2) is 39.3 Å². The third kappa shape index (κ3) is 2.70. The van der Waals surface area contributed by atoms with E-state index in [0.29, 0.717) is 11.5 Å². The van der Waals surface area contributed by atoms with Crippen LogP contribution in [0.25, 0.3) is 0 Å². The fraction of sp³-hybridized carbons (Fsp3) is 0.250. The van der Waals surface area contributed by atoms with Crippen molar-refractivity contribution in [3.05, 3.63) is 35.4 Å². The molecule has 18 heavy (non-hydrogen) atoms. The van der Waals surface area contributed by atoms with Crippen molar-refractivity contribution in [2.24, 2.45) is 0 Å². The molecule has 2 amide bonds. The molecule has 1 aromatic carbocycles. The van der Waals surface area contributed by atoms with Crippen molar-refractivity contribution in [3.8, 4) is 0 Å². The van der Waals surface area contributed by atoms with Gasteiger partial charge in [0.05, 0.1) is 23.6 Å². The molecule has 0 atom stereocenters. The molecule has 0 bridgehead atoms. The van der Waals surface area contributed by atoms with Gasteiger partial charge in [-0.2, -0.15) is 0 Å². The number of carbonyl (C=O) groups excluding carboxylic acids is 2. The molecular formula is C12H11NO4S. The van der Waals surface area contributed by atoms with Gasteiger partial charge in [-0.3, -0.25) is 14.5 Å². The summed E-state index contributed by atoms with van der Waals surface area (Å²) >= 11 is 1.31. The Morgan fingerprint density at radius 3 is 2.22 bits per heavy atom. The van der Waals surface area contributed by atoms with Gasteiger partial charge in [-0.15, -0.1) is 11.8 Å². The van der Waals surface area contributed by atoms with Crippen LogP contribution in [0.3, 0.4) is 0 Å². The van der Waals surface area contributed by atoms with Crippen LogP contribution in [0.4, 0.5) is 0 Å². The average Bonchev–Trinajstić information content (AvgIpc) is 2.34. The van der Waals surface area contributed by atoms with Gasteiger partial charge in [-0.1, -0.05) is 12.1 Å². The number of benzene rings is 1. The minimum Gasteiger partial charge on any atom is -0.478 e. The summed E-state index contributed by atoms with van der Waals surface area (Å²) in [5.74, 6) is -0.752. The molecule has 94 valence electrons. The van der Waals surface area contributed by atoms with Crippen LogP contribution >= 0.6 is 11.8 Å². The summed E-state index contributed by atoms with van der Waals surface area (Å²) in [5, 5.41) is 8.76. The number of thioether (sulfide) groups is 1. The topological polar surface area (TPSA) is 74.7 Å². The zero-order chi connectivity index (χ0) is 13.1. The van der Waals surface area contributed by atoms with Gasteiger partial charge >= 0.3 is 5.97 Å². The first-order valence-corrected chi connectivity index (χ1v) is 6.46. The van der Waals surface area contributed by atoms with E-state index < -0.39 is 5.97 Å². The second-order valence-electron chi connectivity index (χ2n) is 3.87. The Bertz CT molecular complexity index is 481. The van der Waals surface area contributed by atoms with Gasteiger partial charge in [0, 0.05) is 0 Å². The summed E-state index contributed by atoms with van der Waals surface area (Å²) in [5.41, 5.74) is 0.930. The van der Waals surface area contributed by atoms with E-state index in [1.54, 1.807) is 12.1 Å². The molecular weight excluding hydrogens is 254 g/mol. The second kappa shape index (κ2) is 5.22. The molecule has 5 nitrogen and oxygen atoms in total. The molecule has 0 spiro atoms. The number of imide groups is 1. The summed E-state index contributed by atoms with van der Waals surface area (Å²) in [4.78, 5) is 35.0. The zero-order valence-corrected chi connectivity index (χ0v) is 10.3. The standard InChI is InChI=1S/C12H11NO4S/c14-10-6-18-7-11(15)13(10)5-8-1-3-9(4-2-8)12(16)17/h1-4H,5-7H2,(H,16,17). The molecule has 1 aromatic rings. The van der Waals surface area contributed by atoms with E-state index >= 15 is 0 Å². The number of amides is 2. The lowest BCUT2D eigenvalue weighted by molar-refractivity contribution is -0.142. The van der Waals surface area contributed by atoms with Crippen molar-refractivity contribution in [3.63, 3.8) is 0 Å². The lowest BCUT2D eigenvalue weighted by Crippen LogP contribution is -2.42. The number of aromatic carboxylic acids is 1. The second-order valence-corrected chi connectivity index (χ2v) is 4.85. The largest absolute Gasteiger partial charge is 0.478 e. The Morgan fingerprint density at radius 1 is 1.17 bits per heavy atom. The zero-order valence-electron chi connectivity index (χ0n) is 9.46. The van der Waals surface area contributed by atoms with E-state index in [1.165, 1.54) is 28.8 Å². The number of carbonyl (C=O) groups is 3. The van der Waals surface area contributed by atoms with E-state index in [4.69, 9.17) is 5.11 Å². The molecule has 0 saturated carbocycles. The highest BCUT2D eigenvalue weighted by atomic mass is 32.2. The Labute approximate surface area is 108 Å². The molecule has 1 saturated heterocycles. The Balaban J connectivity index is 2.11. The van der Waals surface area contributed by atoms with Crippen LogP contribution in [-0.2, 0) is 16.1 Å². The van der Waals surface area contributed by atoms with Crippen molar-refractivity contribution >= 4 is 29.5 Å². The van der Waals surface area contributed by atoms with E-state index in [9.17, 15) is 14.4 Å². The monoisotopic (exact) mass is 265 g/mol. The minimum absolute atomic E-state index is 0.186. The molecule has 1 N–H and O–H groups in total. The maximum absolute atomic E-state index is 11.6. The van der Waals surface area contributed by atoms with Gasteiger partial charge in [-0.25, -0.2) is 4.79 Å². The normalized spacial score (nSPS) is 15.9. The summed E-state index contributed by atoms with van der Waals surface area (Å²) in [7, 11) is 0. The number of hydrogen-bond donors (Lipinski definition) is 1. The van der Waals surface area contributed by atoms with E-state index in [0.717, 1.165) is 5.56 Å². The predicted octanol–water partition coefficient (Wildman–Crippen LogP) is 0.987. The van der Waals surface area contributed by atoms with Gasteiger partial charge < -0.3 is 5.11 Å². The minimum atomic E-state index is -0.997. The summed E-state index contributed by atoms with van der Waals surface area (Å²) in [6.45, 7) is 0.206. The SMILES string of the molecule is O=C(O)c1ccc(CN2C(=O)CSCC2=O)cc1. The Hall–Kier alpha value is -1.82. The van der Waals surface area contributed by atoms with Gasteiger partial charge in [0.1, 0.15) is 0 Å². The van der Waals surface area contributed by atoms with Crippen LogP contribution in [0.1, 0.15) is 15.9 Å². The van der Waals surface area contributed by atoms with Gasteiger partial charge in [-0.05, 0) is 17.7 Å². The quantitative estimate of drug-likeness (QED) is 0.825. The molecule has 1 heterocycles. The fourth-order valence-corrected chi connectivity index (χ4v) is 2.40. The smallest absolute Gasteiger partial charge is 0.335 e. The Morgan fingerprint density at radius 2 is 1.72 bits per heavy atom. The maximum Gasteiger partial charge on any atom is 0.335 e. The van der Waals surface area contributed by atoms with Crippen molar-refractivity contribution < 1.29 is 19.5 Å². The van der Waals surface area contributed by atoms with E-state index in [2.05, 4.69) is 0 Å². The van der Waals surface area contributed by atoms with Crippen molar-refractivity contribution in [2.45, 2.75) is 6.54 Å². The van der Waals surface area contributed by atoms with Gasteiger partial charge in [0.25, 0.3) is 0 Å². The lowest BCUT2D eigenvalue weighted by Gasteiger charge is -2.24. The van der Waals surface area contributed by atoms with Crippen molar-refractivity contribution in [1.82, 2.24) is 4.90 Å². The average molecular weight is 265 g/mol. The molecule has 2 rings (SSSR count). The molecule has 1 aliphatic heterocycles. The molecule has 0 aromatic heterocycles. The van der Waals surface area contributed by atoms with Crippen LogP contribution in [0.15, 0.2) is 24.3 Å². The van der Waals surface area contributed by atoms with E-state index in [1.807, 2.05) is 0 Å². The first kappa shape index (κ1) is 12.6. The van der Waals surface area contributed by atoms with Crippen LogP contribution in [0, 0.1) is 0 Å². The highest BCUT2D eigenvalue weighted by molar-refractivity contribution is 8.00. The summed E-state index contributed by atoms with van der Waals surface area (Å²) in [6.07, 6.45) is 0. The van der Waals surface area contributed by atoms with Gasteiger partial charge in [0.15, 0.2) is 0 Å². The molecule has 1 aliphatic rings. The highest BCUT2D eigenvalue weighted by Crippen LogP contribution is 2.16. The fourth-order valence-electron chi connectivity index (χ4n) is 1.63. The first-order valence-electron chi connectivity index (χ1n) is 5.31. The van der Waals surface area contributed by atoms with Crippen molar-refractivity contribution in [1.29, 1.82) is 0 Å². The van der Waals surface area contributed by atoms with Crippen LogP contribution in [0.5, 0.6) is 0 Å². The molecule has 0 aliphatic carbocycles. The van der Waals surface area contributed by atoms with Crippen molar-refractivity contribution in [2.75, 3.05) is 11.5 Å². The number of nitrogens with zero attached hydrogens (tertiary/aromatic N) is 1. The Kier molecular flexibility index (Phi) is 3.66. The lowest BCUT2D eigenvalue weighted by atomic mass is 10.1. The number of carboxylic acids is 1. The first-order chi connectivity index (χ1) is 8.58.